The Morgan fingerprint density at radius 1 is 1.03 bits per heavy atom. The molecule has 6 nitrogen and oxygen atoms in total. The number of benzene rings is 2. The number of aromatic nitrogens is 1. The molecular formula is C29H31N3O3. The Bertz CT molecular complexity index is 1210. The van der Waals surface area contributed by atoms with Gasteiger partial charge in [-0.1, -0.05) is 35.9 Å². The van der Waals surface area contributed by atoms with Gasteiger partial charge in [0, 0.05) is 55.8 Å². The Kier molecular flexibility index (Phi) is 6.80. The van der Waals surface area contributed by atoms with Crippen molar-refractivity contribution < 1.29 is 14.3 Å². The second-order valence-electron chi connectivity index (χ2n) is 9.53. The Labute approximate surface area is 206 Å². The molecule has 6 heteroatoms. The molecule has 3 aromatic rings. The lowest BCUT2D eigenvalue weighted by Gasteiger charge is -2.32. The van der Waals surface area contributed by atoms with Crippen LogP contribution in [0.25, 0.3) is 0 Å². The first-order valence-electron chi connectivity index (χ1n) is 12.4. The first-order valence-corrected chi connectivity index (χ1v) is 12.4. The van der Waals surface area contributed by atoms with E-state index in [2.05, 4.69) is 0 Å². The monoisotopic (exact) mass is 469 g/mol. The van der Waals surface area contributed by atoms with E-state index in [-0.39, 0.29) is 17.7 Å². The van der Waals surface area contributed by atoms with Crippen LogP contribution >= 0.6 is 0 Å². The number of likely N-dealkylation sites (tertiary alicyclic amines) is 2. The maximum Gasteiger partial charge on any atom is 0.253 e. The molecule has 1 aromatic heterocycles. The fourth-order valence-corrected chi connectivity index (χ4v) is 4.92. The predicted octanol–water partition coefficient (Wildman–Crippen LogP) is 5.32. The third-order valence-corrected chi connectivity index (χ3v) is 6.83. The van der Waals surface area contributed by atoms with Gasteiger partial charge in [-0.3, -0.25) is 9.59 Å². The molecule has 2 fully saturated rings. The lowest BCUT2D eigenvalue weighted by molar-refractivity contribution is -0.128. The van der Waals surface area contributed by atoms with Gasteiger partial charge >= 0.3 is 0 Å². The Balaban J connectivity index is 1.26. The molecule has 180 valence electrons. The van der Waals surface area contributed by atoms with Gasteiger partial charge in [0.25, 0.3) is 5.91 Å². The molecule has 2 amide bonds. The summed E-state index contributed by atoms with van der Waals surface area (Å²) in [7, 11) is 0. The van der Waals surface area contributed by atoms with Crippen LogP contribution in [0.15, 0.2) is 66.7 Å². The molecule has 1 atom stereocenters. The summed E-state index contributed by atoms with van der Waals surface area (Å²) in [5, 5.41) is 0. The van der Waals surface area contributed by atoms with Crippen LogP contribution in [0.5, 0.6) is 11.6 Å². The van der Waals surface area contributed by atoms with E-state index in [0.29, 0.717) is 31.0 Å². The van der Waals surface area contributed by atoms with Gasteiger partial charge in [-0.25, -0.2) is 4.98 Å². The fourth-order valence-electron chi connectivity index (χ4n) is 4.92. The van der Waals surface area contributed by atoms with Gasteiger partial charge in [-0.15, -0.1) is 0 Å². The van der Waals surface area contributed by atoms with E-state index in [1.165, 1.54) is 5.56 Å². The minimum Gasteiger partial charge on any atom is -0.439 e. The number of carbonyl (C=O) groups excluding carboxylic acids is 2. The SMILES string of the molecule is Cc1ccc(Oc2cccc([C@@H]3CCCN(C(=O)c4cccc(CN5CCCC5=O)c4)C3)n2)cc1. The molecule has 0 bridgehead atoms. The van der Waals surface area contributed by atoms with Crippen molar-refractivity contribution in [2.45, 2.75) is 45.1 Å². The highest BCUT2D eigenvalue weighted by molar-refractivity contribution is 5.94. The standard InChI is InChI=1S/C29H31N3O3/c1-21-12-14-25(15-13-21)35-27-10-3-9-26(30-27)24-8-4-17-32(20-24)29(34)23-7-2-6-22(18-23)19-31-16-5-11-28(31)33/h2-3,6-7,9-10,12-15,18,24H,4-5,8,11,16-17,19-20H2,1H3/t24-/m1/s1. The van der Waals surface area contributed by atoms with Crippen LogP contribution in [0.1, 0.15) is 58.8 Å². The number of rotatable bonds is 6. The number of nitrogens with zero attached hydrogens (tertiary/aromatic N) is 3. The summed E-state index contributed by atoms with van der Waals surface area (Å²) in [6, 6.07) is 21.5. The highest BCUT2D eigenvalue weighted by Crippen LogP contribution is 2.29. The molecule has 0 radical (unpaired) electrons. The molecule has 0 N–H and O–H groups in total. The van der Waals surface area contributed by atoms with E-state index in [1.807, 2.05) is 83.5 Å². The zero-order valence-electron chi connectivity index (χ0n) is 20.2. The third-order valence-electron chi connectivity index (χ3n) is 6.83. The van der Waals surface area contributed by atoms with Crippen molar-refractivity contribution >= 4 is 11.8 Å². The number of carbonyl (C=O) groups is 2. The highest BCUT2D eigenvalue weighted by Gasteiger charge is 2.27. The van der Waals surface area contributed by atoms with Gasteiger partial charge in [0.15, 0.2) is 0 Å². The number of piperidine rings is 1. The van der Waals surface area contributed by atoms with Crippen LogP contribution in [-0.2, 0) is 11.3 Å². The molecule has 2 aliphatic heterocycles. The molecule has 5 rings (SSSR count). The number of ether oxygens (including phenoxy) is 1. The molecule has 2 aromatic carbocycles. The van der Waals surface area contributed by atoms with E-state index in [4.69, 9.17) is 9.72 Å². The molecule has 2 aliphatic rings. The highest BCUT2D eigenvalue weighted by atomic mass is 16.5. The van der Waals surface area contributed by atoms with Gasteiger partial charge < -0.3 is 14.5 Å². The number of hydrogen-bond donors (Lipinski definition) is 0. The zero-order valence-corrected chi connectivity index (χ0v) is 20.2. The summed E-state index contributed by atoms with van der Waals surface area (Å²) < 4.78 is 5.96. The maximum absolute atomic E-state index is 13.4. The fraction of sp³-hybridized carbons (Fsp3) is 0.345. The van der Waals surface area contributed by atoms with E-state index in [9.17, 15) is 9.59 Å². The van der Waals surface area contributed by atoms with Crippen molar-refractivity contribution in [3.8, 4) is 11.6 Å². The summed E-state index contributed by atoms with van der Waals surface area (Å²) in [5.41, 5.74) is 3.82. The van der Waals surface area contributed by atoms with Gasteiger partial charge in [0.05, 0.1) is 0 Å². The molecule has 35 heavy (non-hydrogen) atoms. The van der Waals surface area contributed by atoms with E-state index in [1.54, 1.807) is 0 Å². The summed E-state index contributed by atoms with van der Waals surface area (Å²) >= 11 is 0. The number of pyridine rings is 1. The quantitative estimate of drug-likeness (QED) is 0.490. The Morgan fingerprint density at radius 3 is 2.66 bits per heavy atom. The normalized spacial score (nSPS) is 18.1. The second-order valence-corrected chi connectivity index (χ2v) is 9.53. The molecule has 0 saturated carbocycles. The average molecular weight is 470 g/mol. The minimum absolute atomic E-state index is 0.0383. The lowest BCUT2D eigenvalue weighted by atomic mass is 9.93. The minimum atomic E-state index is 0.0383. The number of aryl methyl sites for hydroxylation is 1. The summed E-state index contributed by atoms with van der Waals surface area (Å²) in [6.07, 6.45) is 3.46. The van der Waals surface area contributed by atoms with E-state index in [0.717, 1.165) is 49.4 Å². The van der Waals surface area contributed by atoms with Gasteiger partial charge in [0.1, 0.15) is 5.75 Å². The second kappa shape index (κ2) is 10.3. The number of amides is 2. The lowest BCUT2D eigenvalue weighted by Crippen LogP contribution is -2.39. The van der Waals surface area contributed by atoms with E-state index >= 15 is 0 Å². The van der Waals surface area contributed by atoms with Crippen molar-refractivity contribution in [1.82, 2.24) is 14.8 Å². The molecule has 0 unspecified atom stereocenters. The summed E-state index contributed by atoms with van der Waals surface area (Å²) in [6.45, 7) is 4.78. The molecular weight excluding hydrogens is 438 g/mol. The predicted molar refractivity (Wildman–Crippen MR) is 134 cm³/mol. The third kappa shape index (κ3) is 5.53. The van der Waals surface area contributed by atoms with Crippen LogP contribution < -0.4 is 4.74 Å². The van der Waals surface area contributed by atoms with E-state index < -0.39 is 0 Å². The first-order chi connectivity index (χ1) is 17.0. The smallest absolute Gasteiger partial charge is 0.253 e. The first kappa shape index (κ1) is 23.1. The van der Waals surface area contributed by atoms with Gasteiger partial charge in [-0.05, 0) is 62.1 Å². The van der Waals surface area contributed by atoms with Crippen LogP contribution in [0.2, 0.25) is 0 Å². The Hall–Kier alpha value is -3.67. The van der Waals surface area contributed by atoms with Gasteiger partial charge in [-0.2, -0.15) is 0 Å². The van der Waals surface area contributed by atoms with Crippen LogP contribution in [0.3, 0.4) is 0 Å². The number of hydrogen-bond acceptors (Lipinski definition) is 4. The topological polar surface area (TPSA) is 62.7 Å². The van der Waals surface area contributed by atoms with Crippen molar-refractivity contribution in [2.24, 2.45) is 0 Å². The zero-order chi connectivity index (χ0) is 24.2. The summed E-state index contributed by atoms with van der Waals surface area (Å²) in [4.78, 5) is 33.9. The molecule has 0 spiro atoms. The van der Waals surface area contributed by atoms with Crippen molar-refractivity contribution in [3.05, 3.63) is 89.1 Å². The molecule has 0 aliphatic carbocycles. The van der Waals surface area contributed by atoms with Crippen molar-refractivity contribution in [1.29, 1.82) is 0 Å². The van der Waals surface area contributed by atoms with Crippen molar-refractivity contribution in [3.63, 3.8) is 0 Å². The van der Waals surface area contributed by atoms with Crippen molar-refractivity contribution in [2.75, 3.05) is 19.6 Å². The summed E-state index contributed by atoms with van der Waals surface area (Å²) in [5.74, 6) is 1.73. The van der Waals surface area contributed by atoms with Gasteiger partial charge in [0.2, 0.25) is 11.8 Å². The maximum atomic E-state index is 13.4. The molecule has 3 heterocycles. The largest absolute Gasteiger partial charge is 0.439 e. The van der Waals surface area contributed by atoms with Crippen LogP contribution in [0.4, 0.5) is 0 Å². The molecule has 2 saturated heterocycles. The Morgan fingerprint density at radius 2 is 1.86 bits per heavy atom. The van der Waals surface area contributed by atoms with Crippen LogP contribution in [0, 0.1) is 6.92 Å². The van der Waals surface area contributed by atoms with Crippen LogP contribution in [-0.4, -0.2) is 46.2 Å². The average Bonchev–Trinajstić information content (AvgIpc) is 3.29.